The summed E-state index contributed by atoms with van der Waals surface area (Å²) in [6.45, 7) is 0. The van der Waals surface area contributed by atoms with E-state index in [1.807, 2.05) is 0 Å². The van der Waals surface area contributed by atoms with Crippen molar-refractivity contribution >= 4 is 45.2 Å². The predicted octanol–water partition coefficient (Wildman–Crippen LogP) is 4.23. The highest BCUT2D eigenvalue weighted by atomic mass is 35.5. The second-order valence-electron chi connectivity index (χ2n) is 5.03. The molecular formula is C15H13ClF3NO4S2. The molecule has 0 aliphatic carbocycles. The zero-order valence-corrected chi connectivity index (χ0v) is 15.5. The molecule has 0 spiro atoms. The fourth-order valence-electron chi connectivity index (χ4n) is 2.43. The largest absolute Gasteiger partial charge is 0.467 e. The maximum absolute atomic E-state index is 13.9. The molecular weight excluding hydrogens is 415 g/mol. The molecule has 0 bridgehead atoms. The van der Waals surface area contributed by atoms with Crippen molar-refractivity contribution in [2.45, 2.75) is 18.1 Å². The quantitative estimate of drug-likeness (QED) is 0.553. The van der Waals surface area contributed by atoms with Crippen molar-refractivity contribution in [2.24, 2.45) is 0 Å². The van der Waals surface area contributed by atoms with Gasteiger partial charge in [0.25, 0.3) is 11.3 Å². The Morgan fingerprint density at radius 1 is 1.27 bits per heavy atom. The van der Waals surface area contributed by atoms with Crippen LogP contribution >= 0.6 is 22.9 Å². The summed E-state index contributed by atoms with van der Waals surface area (Å²) in [6.07, 6.45) is -4.89. The number of halogens is 4. The molecule has 1 aromatic heterocycles. The Kier molecular flexibility index (Phi) is 6.67. The van der Waals surface area contributed by atoms with Gasteiger partial charge in [0, 0.05) is 0 Å². The fourth-order valence-corrected chi connectivity index (χ4v) is 4.33. The highest BCUT2D eigenvalue weighted by molar-refractivity contribution is 7.81. The maximum Gasteiger partial charge on any atom is 0.398 e. The van der Waals surface area contributed by atoms with Gasteiger partial charge in [-0.15, -0.1) is 11.3 Å². The van der Waals surface area contributed by atoms with Gasteiger partial charge in [0.1, 0.15) is 10.9 Å². The molecule has 26 heavy (non-hydrogen) atoms. The normalized spacial score (nSPS) is 15.2. The first-order chi connectivity index (χ1) is 12.2. The number of carbonyl (C=O) groups excluding carboxylic acids is 1. The number of esters is 1. The van der Waals surface area contributed by atoms with E-state index >= 15 is 0 Å². The number of alkyl halides is 3. The highest BCUT2D eigenvalue weighted by Crippen LogP contribution is 2.43. The van der Waals surface area contributed by atoms with Crippen molar-refractivity contribution in [2.75, 3.05) is 11.4 Å². The van der Waals surface area contributed by atoms with Crippen LogP contribution in [0.2, 0.25) is 4.34 Å². The van der Waals surface area contributed by atoms with Crippen LogP contribution < -0.4 is 4.31 Å². The lowest BCUT2D eigenvalue weighted by Gasteiger charge is -2.34. The van der Waals surface area contributed by atoms with E-state index in [4.69, 9.17) is 11.6 Å². The standard InChI is InChI=1S/C15H13ClF3NO4S2/c1-24-14(21)13(20(26(22)23)11-8-7-10(16)25-11)12(15(17,18)19)9-5-3-2-4-6-9/h2-8,12-13H,1H3,(H,22,23). The summed E-state index contributed by atoms with van der Waals surface area (Å²) >= 11 is 3.62. The van der Waals surface area contributed by atoms with Crippen molar-refractivity contribution < 1.29 is 31.5 Å². The Labute approximate surface area is 158 Å². The molecule has 0 aliphatic heterocycles. The zero-order chi connectivity index (χ0) is 19.5. The third-order valence-electron chi connectivity index (χ3n) is 3.47. The number of ether oxygens (including phenoxy) is 1. The molecule has 0 saturated heterocycles. The van der Waals surface area contributed by atoms with E-state index in [2.05, 4.69) is 4.74 Å². The average Bonchev–Trinajstić information content (AvgIpc) is 2.99. The molecule has 0 saturated carbocycles. The molecule has 0 radical (unpaired) electrons. The smallest absolute Gasteiger partial charge is 0.398 e. The zero-order valence-electron chi connectivity index (χ0n) is 13.1. The SMILES string of the molecule is COC(=O)C(C(c1ccccc1)C(F)(F)F)N(c1ccc(Cl)s1)S(=O)O. The summed E-state index contributed by atoms with van der Waals surface area (Å²) in [5, 5.41) is -0.0728. The number of hydrogen-bond acceptors (Lipinski definition) is 4. The second-order valence-corrected chi connectivity index (χ2v) is 7.58. The summed E-state index contributed by atoms with van der Waals surface area (Å²) in [6, 6.07) is 7.14. The molecule has 3 unspecified atom stereocenters. The molecule has 1 heterocycles. The molecule has 2 aromatic rings. The summed E-state index contributed by atoms with van der Waals surface area (Å²) < 4.78 is 68.2. The first kappa shape index (κ1) is 20.7. The summed E-state index contributed by atoms with van der Waals surface area (Å²) in [7, 11) is 0.910. The molecule has 142 valence electrons. The highest BCUT2D eigenvalue weighted by Gasteiger charge is 2.53. The predicted molar refractivity (Wildman–Crippen MR) is 93.6 cm³/mol. The lowest BCUT2D eigenvalue weighted by atomic mass is 9.90. The van der Waals surface area contributed by atoms with Gasteiger partial charge >= 0.3 is 12.1 Å². The molecule has 11 heteroatoms. The van der Waals surface area contributed by atoms with Crippen molar-refractivity contribution in [3.05, 3.63) is 52.4 Å². The van der Waals surface area contributed by atoms with Gasteiger partial charge in [0.15, 0.2) is 6.04 Å². The van der Waals surface area contributed by atoms with Crippen LogP contribution in [-0.2, 0) is 20.8 Å². The average molecular weight is 428 g/mol. The number of carbonyl (C=O) groups is 1. The van der Waals surface area contributed by atoms with Gasteiger partial charge in [-0.05, 0) is 17.7 Å². The number of methoxy groups -OCH3 is 1. The van der Waals surface area contributed by atoms with E-state index in [0.29, 0.717) is 4.31 Å². The second kappa shape index (κ2) is 8.38. The van der Waals surface area contributed by atoms with Gasteiger partial charge in [0.2, 0.25) is 0 Å². The molecule has 1 N–H and O–H groups in total. The lowest BCUT2D eigenvalue weighted by Crippen LogP contribution is -2.50. The molecule has 1 aromatic carbocycles. The Morgan fingerprint density at radius 2 is 1.88 bits per heavy atom. The van der Waals surface area contributed by atoms with E-state index in [-0.39, 0.29) is 14.9 Å². The van der Waals surface area contributed by atoms with E-state index in [1.54, 1.807) is 0 Å². The van der Waals surface area contributed by atoms with Crippen LogP contribution in [0, 0.1) is 0 Å². The minimum absolute atomic E-state index is 0.0728. The van der Waals surface area contributed by atoms with Crippen LogP contribution in [0.25, 0.3) is 0 Å². The number of thiophene rings is 1. The molecule has 5 nitrogen and oxygen atoms in total. The monoisotopic (exact) mass is 427 g/mol. The Hall–Kier alpha value is -1.62. The molecule has 2 rings (SSSR count). The lowest BCUT2D eigenvalue weighted by molar-refractivity contribution is -0.168. The minimum atomic E-state index is -4.89. The van der Waals surface area contributed by atoms with E-state index in [1.165, 1.54) is 42.5 Å². The van der Waals surface area contributed by atoms with Crippen molar-refractivity contribution in [3.63, 3.8) is 0 Å². The molecule has 0 amide bonds. The van der Waals surface area contributed by atoms with Gasteiger partial charge in [-0.1, -0.05) is 41.9 Å². The van der Waals surface area contributed by atoms with Gasteiger partial charge < -0.3 is 4.74 Å². The number of anilines is 1. The van der Waals surface area contributed by atoms with E-state index in [9.17, 15) is 26.7 Å². The van der Waals surface area contributed by atoms with Crippen LogP contribution in [0.1, 0.15) is 11.5 Å². The fraction of sp³-hybridized carbons (Fsp3) is 0.267. The van der Waals surface area contributed by atoms with Gasteiger partial charge in [-0.2, -0.15) is 13.2 Å². The maximum atomic E-state index is 13.9. The third-order valence-corrected chi connectivity index (χ3v) is 5.57. The first-order valence-electron chi connectivity index (χ1n) is 7.02. The first-order valence-corrected chi connectivity index (χ1v) is 9.27. The summed E-state index contributed by atoms with van der Waals surface area (Å²) in [5.74, 6) is -3.70. The molecule has 0 aliphatic rings. The van der Waals surface area contributed by atoms with Crippen LogP contribution in [0.3, 0.4) is 0 Å². The van der Waals surface area contributed by atoms with Crippen LogP contribution in [0.5, 0.6) is 0 Å². The summed E-state index contributed by atoms with van der Waals surface area (Å²) in [4.78, 5) is 12.3. The van der Waals surface area contributed by atoms with Crippen LogP contribution in [0.15, 0.2) is 42.5 Å². The van der Waals surface area contributed by atoms with E-state index < -0.39 is 35.4 Å². The number of rotatable bonds is 6. The topological polar surface area (TPSA) is 66.8 Å². The summed E-state index contributed by atoms with van der Waals surface area (Å²) in [5.41, 5.74) is -0.242. The third kappa shape index (κ3) is 4.56. The van der Waals surface area contributed by atoms with Crippen molar-refractivity contribution in [3.8, 4) is 0 Å². The van der Waals surface area contributed by atoms with Crippen LogP contribution in [-0.4, -0.2) is 34.1 Å². The Morgan fingerprint density at radius 3 is 2.31 bits per heavy atom. The van der Waals surface area contributed by atoms with Crippen molar-refractivity contribution in [1.29, 1.82) is 0 Å². The number of hydrogen-bond donors (Lipinski definition) is 1. The Bertz CT molecular complexity index is 785. The van der Waals surface area contributed by atoms with Crippen molar-refractivity contribution in [1.82, 2.24) is 0 Å². The minimum Gasteiger partial charge on any atom is -0.467 e. The Balaban J connectivity index is 2.66. The number of benzene rings is 1. The van der Waals surface area contributed by atoms with Gasteiger partial charge in [-0.3, -0.25) is 4.55 Å². The molecule has 3 atom stereocenters. The number of nitrogens with zero attached hydrogens (tertiary/aromatic N) is 1. The van der Waals surface area contributed by atoms with E-state index in [0.717, 1.165) is 18.4 Å². The molecule has 0 fully saturated rings. The van der Waals surface area contributed by atoms with Crippen LogP contribution in [0.4, 0.5) is 18.2 Å². The van der Waals surface area contributed by atoms with Gasteiger partial charge in [-0.25, -0.2) is 13.3 Å². The van der Waals surface area contributed by atoms with Gasteiger partial charge in [0.05, 0.1) is 11.4 Å².